The van der Waals surface area contributed by atoms with Crippen LogP contribution in [0.4, 0.5) is 0 Å². The van der Waals surface area contributed by atoms with Gasteiger partial charge in [-0.2, -0.15) is 0 Å². The molecule has 0 aromatic heterocycles. The van der Waals surface area contributed by atoms with Gasteiger partial charge in [-0.1, -0.05) is 253 Å². The first-order valence-electron chi connectivity index (χ1n) is 26.2. The van der Waals surface area contributed by atoms with Crippen LogP contribution in [0, 0.1) is 11.8 Å². The van der Waals surface area contributed by atoms with Gasteiger partial charge >= 0.3 is 17.9 Å². The van der Waals surface area contributed by atoms with Gasteiger partial charge in [-0.25, -0.2) is 0 Å². The lowest BCUT2D eigenvalue weighted by atomic mass is 10.0. The highest BCUT2D eigenvalue weighted by Gasteiger charge is 2.19. The van der Waals surface area contributed by atoms with E-state index in [-0.39, 0.29) is 31.1 Å². The van der Waals surface area contributed by atoms with E-state index in [0.29, 0.717) is 19.3 Å². The molecule has 0 saturated carbocycles. The van der Waals surface area contributed by atoms with Crippen LogP contribution in [-0.2, 0) is 28.6 Å². The number of unbranched alkanes of at least 4 members (excludes halogenated alkanes) is 32. The Balaban J connectivity index is 4.31. The summed E-state index contributed by atoms with van der Waals surface area (Å²) in [6, 6.07) is 0. The minimum absolute atomic E-state index is 0.0637. The van der Waals surface area contributed by atoms with Gasteiger partial charge in [-0.05, 0) is 31.1 Å². The van der Waals surface area contributed by atoms with Crippen molar-refractivity contribution in [2.24, 2.45) is 11.8 Å². The maximum Gasteiger partial charge on any atom is 0.306 e. The molecule has 0 aromatic rings. The zero-order valence-electron chi connectivity index (χ0n) is 40.4. The van der Waals surface area contributed by atoms with E-state index < -0.39 is 6.10 Å². The lowest BCUT2D eigenvalue weighted by molar-refractivity contribution is -0.167. The third kappa shape index (κ3) is 47.3. The molecule has 0 heterocycles. The molecule has 0 amide bonds. The molecule has 0 rings (SSSR count). The number of carbonyl (C=O) groups excluding carboxylic acids is 3. The summed E-state index contributed by atoms with van der Waals surface area (Å²) in [5, 5.41) is 0. The van der Waals surface area contributed by atoms with Crippen LogP contribution in [0.25, 0.3) is 0 Å². The van der Waals surface area contributed by atoms with Crippen molar-refractivity contribution in [1.29, 1.82) is 0 Å². The van der Waals surface area contributed by atoms with Crippen molar-refractivity contribution < 1.29 is 28.6 Å². The summed E-state index contributed by atoms with van der Waals surface area (Å²) in [6.07, 6.45) is 46.6. The number of hydrogen-bond acceptors (Lipinski definition) is 6. The molecule has 0 N–H and O–H groups in total. The Morgan fingerprint density at radius 2 is 0.559 bits per heavy atom. The van der Waals surface area contributed by atoms with E-state index in [9.17, 15) is 14.4 Å². The number of carbonyl (C=O) groups is 3. The zero-order chi connectivity index (χ0) is 43.3. The van der Waals surface area contributed by atoms with Crippen LogP contribution in [0.1, 0.15) is 291 Å². The average molecular weight is 835 g/mol. The van der Waals surface area contributed by atoms with Crippen molar-refractivity contribution in [3.05, 3.63) is 0 Å². The number of esters is 3. The number of rotatable bonds is 47. The molecule has 0 aliphatic heterocycles. The first kappa shape index (κ1) is 57.4. The summed E-state index contributed by atoms with van der Waals surface area (Å²) in [4.78, 5) is 38.0. The summed E-state index contributed by atoms with van der Waals surface area (Å²) >= 11 is 0. The minimum Gasteiger partial charge on any atom is -0.462 e. The van der Waals surface area contributed by atoms with Crippen LogP contribution in [-0.4, -0.2) is 37.2 Å². The SMILES string of the molecule is CCCCCCCCCCCCCCCCCC(=O)OC[C@H](COC(=O)CCCCCCCCCCCCC(C)C)OC(=O)CCCCCCCCCCCCC(C)C. The second-order valence-electron chi connectivity index (χ2n) is 19.1. The van der Waals surface area contributed by atoms with Gasteiger partial charge in [-0.3, -0.25) is 14.4 Å². The summed E-state index contributed by atoms with van der Waals surface area (Å²) in [5.41, 5.74) is 0. The van der Waals surface area contributed by atoms with Crippen LogP contribution in [0.3, 0.4) is 0 Å². The molecule has 6 nitrogen and oxygen atoms in total. The van der Waals surface area contributed by atoms with Crippen LogP contribution >= 0.6 is 0 Å². The molecular weight excluding hydrogens is 733 g/mol. The number of ether oxygens (including phenoxy) is 3. The Hall–Kier alpha value is -1.59. The lowest BCUT2D eigenvalue weighted by Gasteiger charge is -2.18. The quantitative estimate of drug-likeness (QED) is 0.0345. The Bertz CT molecular complexity index is 900. The van der Waals surface area contributed by atoms with Crippen LogP contribution in [0.2, 0.25) is 0 Å². The molecule has 0 aliphatic rings. The van der Waals surface area contributed by atoms with Gasteiger partial charge in [0.05, 0.1) is 0 Å². The van der Waals surface area contributed by atoms with Crippen molar-refractivity contribution in [2.75, 3.05) is 13.2 Å². The molecule has 59 heavy (non-hydrogen) atoms. The van der Waals surface area contributed by atoms with Gasteiger partial charge in [0, 0.05) is 19.3 Å². The van der Waals surface area contributed by atoms with Crippen molar-refractivity contribution in [3.8, 4) is 0 Å². The smallest absolute Gasteiger partial charge is 0.306 e. The summed E-state index contributed by atoms with van der Waals surface area (Å²) in [7, 11) is 0. The summed E-state index contributed by atoms with van der Waals surface area (Å²) < 4.78 is 16.8. The highest BCUT2D eigenvalue weighted by Crippen LogP contribution is 2.17. The van der Waals surface area contributed by atoms with Gasteiger partial charge in [0.1, 0.15) is 13.2 Å². The van der Waals surface area contributed by atoms with E-state index >= 15 is 0 Å². The Morgan fingerprint density at radius 3 is 0.831 bits per heavy atom. The predicted octanol–water partition coefficient (Wildman–Crippen LogP) is 16.9. The number of hydrogen-bond donors (Lipinski definition) is 0. The highest BCUT2D eigenvalue weighted by molar-refractivity contribution is 5.71. The van der Waals surface area contributed by atoms with E-state index in [4.69, 9.17) is 14.2 Å². The molecule has 6 heteroatoms. The first-order chi connectivity index (χ1) is 28.7. The van der Waals surface area contributed by atoms with E-state index in [0.717, 1.165) is 69.6 Å². The fourth-order valence-electron chi connectivity index (χ4n) is 7.99. The third-order valence-corrected chi connectivity index (χ3v) is 12.0. The standard InChI is InChI=1S/C53H102O6/c1-6-7-8-9-10-11-12-13-14-15-16-23-28-33-38-43-51(54)57-46-50(59-53(56)45-40-35-30-25-20-18-22-27-32-37-42-49(4)5)47-58-52(55)44-39-34-29-24-19-17-21-26-31-36-41-48(2)3/h48-50H,6-47H2,1-5H3/t50-/m1/s1. The van der Waals surface area contributed by atoms with Crippen molar-refractivity contribution in [2.45, 2.75) is 298 Å². The second-order valence-corrected chi connectivity index (χ2v) is 19.1. The third-order valence-electron chi connectivity index (χ3n) is 12.0. The monoisotopic (exact) mass is 835 g/mol. The molecule has 0 aromatic carbocycles. The van der Waals surface area contributed by atoms with Crippen LogP contribution in [0.15, 0.2) is 0 Å². The Kier molecular flexibility index (Phi) is 44.7. The fraction of sp³-hybridized carbons (Fsp3) is 0.943. The van der Waals surface area contributed by atoms with E-state index in [2.05, 4.69) is 34.6 Å². The molecule has 1 atom stereocenters. The molecule has 0 unspecified atom stereocenters. The first-order valence-corrected chi connectivity index (χ1v) is 26.2. The average Bonchev–Trinajstić information content (AvgIpc) is 3.20. The maximum atomic E-state index is 12.8. The maximum absolute atomic E-state index is 12.8. The summed E-state index contributed by atoms with van der Waals surface area (Å²) in [5.74, 6) is 0.787. The van der Waals surface area contributed by atoms with Gasteiger partial charge in [-0.15, -0.1) is 0 Å². The second kappa shape index (κ2) is 45.9. The van der Waals surface area contributed by atoms with Crippen molar-refractivity contribution >= 4 is 17.9 Å². The highest BCUT2D eigenvalue weighted by atomic mass is 16.6. The molecule has 0 radical (unpaired) electrons. The summed E-state index contributed by atoms with van der Waals surface area (Å²) in [6.45, 7) is 11.4. The van der Waals surface area contributed by atoms with E-state index in [1.165, 1.54) is 180 Å². The van der Waals surface area contributed by atoms with Crippen molar-refractivity contribution in [1.82, 2.24) is 0 Å². The van der Waals surface area contributed by atoms with E-state index in [1.54, 1.807) is 0 Å². The molecule has 0 spiro atoms. The zero-order valence-corrected chi connectivity index (χ0v) is 40.4. The van der Waals surface area contributed by atoms with Gasteiger partial charge in [0.25, 0.3) is 0 Å². The molecular formula is C53H102O6. The Labute approximate surface area is 368 Å². The van der Waals surface area contributed by atoms with Crippen LogP contribution in [0.5, 0.6) is 0 Å². The molecule has 0 saturated heterocycles. The van der Waals surface area contributed by atoms with Gasteiger partial charge < -0.3 is 14.2 Å². The van der Waals surface area contributed by atoms with Crippen molar-refractivity contribution in [3.63, 3.8) is 0 Å². The molecule has 0 fully saturated rings. The van der Waals surface area contributed by atoms with Crippen LogP contribution < -0.4 is 0 Å². The topological polar surface area (TPSA) is 78.9 Å². The largest absolute Gasteiger partial charge is 0.462 e. The lowest BCUT2D eigenvalue weighted by Crippen LogP contribution is -2.30. The molecule has 0 aliphatic carbocycles. The van der Waals surface area contributed by atoms with E-state index in [1.807, 2.05) is 0 Å². The van der Waals surface area contributed by atoms with Gasteiger partial charge in [0.15, 0.2) is 6.10 Å². The Morgan fingerprint density at radius 1 is 0.322 bits per heavy atom. The van der Waals surface area contributed by atoms with Gasteiger partial charge in [0.2, 0.25) is 0 Å². The molecule has 350 valence electrons. The fourth-order valence-corrected chi connectivity index (χ4v) is 7.99. The predicted molar refractivity (Wildman–Crippen MR) is 252 cm³/mol. The minimum atomic E-state index is -0.762. The normalized spacial score (nSPS) is 12.1. The molecule has 0 bridgehead atoms.